The maximum Gasteiger partial charge on any atom is 0.273 e. The zero-order valence-corrected chi connectivity index (χ0v) is 12.6. The Balaban J connectivity index is 2.05. The van der Waals surface area contributed by atoms with E-state index < -0.39 is 11.0 Å². The average Bonchev–Trinajstić information content (AvgIpc) is 2.60. The molecule has 1 amide bonds. The molecule has 1 aliphatic heterocycles. The number of hydrogen-bond acceptors (Lipinski definition) is 5. The van der Waals surface area contributed by atoms with Crippen molar-refractivity contribution < 1.29 is 14.5 Å². The Labute approximate surface area is 137 Å². The van der Waals surface area contributed by atoms with Gasteiger partial charge in [0, 0.05) is 18.2 Å². The van der Waals surface area contributed by atoms with E-state index in [1.54, 1.807) is 24.3 Å². The van der Waals surface area contributed by atoms with Gasteiger partial charge in [-0.25, -0.2) is 0 Å². The summed E-state index contributed by atoms with van der Waals surface area (Å²) in [6.07, 6.45) is -0.733. The third-order valence-electron chi connectivity index (χ3n) is 3.73. The molecule has 0 radical (unpaired) electrons. The molecule has 0 aromatic heterocycles. The number of anilines is 1. The number of ether oxygens (including phenoxy) is 1. The van der Waals surface area contributed by atoms with Crippen LogP contribution in [0.1, 0.15) is 18.1 Å². The second kappa shape index (κ2) is 6.38. The molecule has 1 unspecified atom stereocenters. The first kappa shape index (κ1) is 15.5. The molecule has 1 atom stereocenters. The summed E-state index contributed by atoms with van der Waals surface area (Å²) in [5, 5.41) is 19.8. The summed E-state index contributed by atoms with van der Waals surface area (Å²) >= 11 is 0. The van der Waals surface area contributed by atoms with Gasteiger partial charge in [0.2, 0.25) is 6.10 Å². The summed E-state index contributed by atoms with van der Waals surface area (Å²) in [5.74, 6) is -0.0339. The molecule has 0 saturated carbocycles. The second-order valence-electron chi connectivity index (χ2n) is 5.22. The van der Waals surface area contributed by atoms with Crippen molar-refractivity contribution in [2.24, 2.45) is 0 Å². The number of amides is 1. The summed E-state index contributed by atoms with van der Waals surface area (Å²) in [6.45, 7) is 0.201. The Morgan fingerprint density at radius 1 is 1.25 bits per heavy atom. The van der Waals surface area contributed by atoms with Crippen LogP contribution in [0.5, 0.6) is 5.75 Å². The lowest BCUT2D eigenvalue weighted by Crippen LogP contribution is -2.41. The molecule has 0 saturated heterocycles. The first-order chi connectivity index (χ1) is 11.6. The predicted molar refractivity (Wildman–Crippen MR) is 85.5 cm³/mol. The SMILES string of the molecule is N#CCCN1C(=O)C(c2ccccc2)Oc2cc([N+](=O)[O-])ccc21. The molecule has 0 aliphatic carbocycles. The van der Waals surface area contributed by atoms with Crippen molar-refractivity contribution in [3.05, 3.63) is 64.2 Å². The minimum atomic E-state index is -0.889. The minimum absolute atomic E-state index is 0.116. The van der Waals surface area contributed by atoms with E-state index in [1.165, 1.54) is 23.1 Å². The molecular weight excluding hydrogens is 310 g/mol. The van der Waals surface area contributed by atoms with E-state index in [9.17, 15) is 14.9 Å². The zero-order chi connectivity index (χ0) is 17.1. The van der Waals surface area contributed by atoms with E-state index in [-0.39, 0.29) is 30.3 Å². The van der Waals surface area contributed by atoms with Gasteiger partial charge >= 0.3 is 0 Å². The fourth-order valence-electron chi connectivity index (χ4n) is 2.60. The Morgan fingerprint density at radius 2 is 2.00 bits per heavy atom. The van der Waals surface area contributed by atoms with Crippen LogP contribution in [0.25, 0.3) is 0 Å². The van der Waals surface area contributed by atoms with Crippen LogP contribution >= 0.6 is 0 Å². The van der Waals surface area contributed by atoms with Crippen molar-refractivity contribution in [3.8, 4) is 11.8 Å². The first-order valence-electron chi connectivity index (χ1n) is 7.30. The molecule has 3 rings (SSSR count). The van der Waals surface area contributed by atoms with Gasteiger partial charge in [-0.1, -0.05) is 30.3 Å². The largest absolute Gasteiger partial charge is 0.473 e. The number of benzene rings is 2. The fraction of sp³-hybridized carbons (Fsp3) is 0.176. The number of nitriles is 1. The van der Waals surface area contributed by atoms with Crippen molar-refractivity contribution in [3.63, 3.8) is 0 Å². The smallest absolute Gasteiger partial charge is 0.273 e. The molecule has 0 bridgehead atoms. The van der Waals surface area contributed by atoms with Crippen LogP contribution in [0, 0.1) is 21.4 Å². The number of nitro groups is 1. The number of nitro benzene ring substituents is 1. The molecule has 0 fully saturated rings. The molecule has 1 heterocycles. The van der Waals surface area contributed by atoms with Gasteiger partial charge in [-0.15, -0.1) is 0 Å². The van der Waals surface area contributed by atoms with Crippen LogP contribution in [0.2, 0.25) is 0 Å². The van der Waals surface area contributed by atoms with Crippen molar-refractivity contribution in [1.29, 1.82) is 5.26 Å². The van der Waals surface area contributed by atoms with Crippen LogP contribution in [-0.2, 0) is 4.79 Å². The number of fused-ring (bicyclic) bond motifs is 1. The van der Waals surface area contributed by atoms with Crippen molar-refractivity contribution in [1.82, 2.24) is 0 Å². The Morgan fingerprint density at radius 3 is 2.67 bits per heavy atom. The third kappa shape index (κ3) is 2.77. The fourth-order valence-corrected chi connectivity index (χ4v) is 2.60. The highest BCUT2D eigenvalue weighted by Gasteiger charge is 2.36. The molecule has 2 aromatic rings. The Bertz CT molecular complexity index is 829. The van der Waals surface area contributed by atoms with Gasteiger partial charge in [-0.3, -0.25) is 14.9 Å². The van der Waals surface area contributed by atoms with E-state index in [2.05, 4.69) is 0 Å². The molecular formula is C17H13N3O4. The van der Waals surface area contributed by atoms with E-state index in [0.717, 1.165) is 0 Å². The molecule has 24 heavy (non-hydrogen) atoms. The van der Waals surface area contributed by atoms with Gasteiger partial charge in [-0.05, 0) is 6.07 Å². The maximum atomic E-state index is 12.8. The first-order valence-corrected chi connectivity index (χ1v) is 7.30. The summed E-state index contributed by atoms with van der Waals surface area (Å²) in [6, 6.07) is 15.0. The predicted octanol–water partition coefficient (Wildman–Crippen LogP) is 2.98. The molecule has 1 aliphatic rings. The monoisotopic (exact) mass is 323 g/mol. The zero-order valence-electron chi connectivity index (χ0n) is 12.6. The number of nitrogens with zero attached hydrogens (tertiary/aromatic N) is 3. The highest BCUT2D eigenvalue weighted by Crippen LogP contribution is 2.40. The van der Waals surface area contributed by atoms with Crippen LogP contribution in [0.15, 0.2) is 48.5 Å². The number of non-ortho nitro benzene ring substituents is 1. The summed E-state index contributed by atoms with van der Waals surface area (Å²) in [4.78, 5) is 24.7. The van der Waals surface area contributed by atoms with Crippen LogP contribution in [0.4, 0.5) is 11.4 Å². The molecule has 0 spiro atoms. The molecule has 7 nitrogen and oxygen atoms in total. The summed E-state index contributed by atoms with van der Waals surface area (Å²) in [7, 11) is 0. The maximum absolute atomic E-state index is 12.8. The number of carbonyl (C=O) groups is 1. The number of carbonyl (C=O) groups excluding carboxylic acids is 1. The normalized spacial score (nSPS) is 16.0. The van der Waals surface area contributed by atoms with E-state index >= 15 is 0 Å². The molecule has 2 aromatic carbocycles. The summed E-state index contributed by atoms with van der Waals surface area (Å²) < 4.78 is 5.75. The van der Waals surface area contributed by atoms with Gasteiger partial charge in [0.25, 0.3) is 11.6 Å². The van der Waals surface area contributed by atoms with Crippen LogP contribution < -0.4 is 9.64 Å². The number of rotatable bonds is 4. The van der Waals surface area contributed by atoms with Crippen molar-refractivity contribution >= 4 is 17.3 Å². The standard InChI is InChI=1S/C17H13N3O4/c18-9-4-10-19-14-8-7-13(20(22)23)11-15(14)24-16(17(19)21)12-5-2-1-3-6-12/h1-3,5-8,11,16H,4,10H2. The second-order valence-corrected chi connectivity index (χ2v) is 5.22. The van der Waals surface area contributed by atoms with E-state index in [0.29, 0.717) is 11.3 Å². The van der Waals surface area contributed by atoms with Crippen molar-refractivity contribution in [2.75, 3.05) is 11.4 Å². The van der Waals surface area contributed by atoms with Crippen LogP contribution in [-0.4, -0.2) is 17.4 Å². The van der Waals surface area contributed by atoms with Gasteiger partial charge in [0.1, 0.15) is 0 Å². The van der Waals surface area contributed by atoms with E-state index in [4.69, 9.17) is 10.00 Å². The lowest BCUT2D eigenvalue weighted by molar-refractivity contribution is -0.384. The van der Waals surface area contributed by atoms with Crippen LogP contribution in [0.3, 0.4) is 0 Å². The quantitative estimate of drug-likeness (QED) is 0.636. The molecule has 7 heteroatoms. The lowest BCUT2D eigenvalue weighted by atomic mass is 10.0. The molecule has 120 valence electrons. The number of hydrogen-bond donors (Lipinski definition) is 0. The lowest BCUT2D eigenvalue weighted by Gasteiger charge is -2.34. The average molecular weight is 323 g/mol. The minimum Gasteiger partial charge on any atom is -0.473 e. The van der Waals surface area contributed by atoms with Crippen molar-refractivity contribution in [2.45, 2.75) is 12.5 Å². The van der Waals surface area contributed by atoms with Gasteiger partial charge < -0.3 is 9.64 Å². The van der Waals surface area contributed by atoms with E-state index in [1.807, 2.05) is 12.1 Å². The topological polar surface area (TPSA) is 96.5 Å². The highest BCUT2D eigenvalue weighted by atomic mass is 16.6. The summed E-state index contributed by atoms with van der Waals surface area (Å²) in [5.41, 5.74) is 0.977. The van der Waals surface area contributed by atoms with Gasteiger partial charge in [0.05, 0.1) is 29.2 Å². The van der Waals surface area contributed by atoms with Gasteiger partial charge in [-0.2, -0.15) is 5.26 Å². The molecule has 0 N–H and O–H groups in total. The third-order valence-corrected chi connectivity index (χ3v) is 3.73. The van der Waals surface area contributed by atoms with Gasteiger partial charge in [0.15, 0.2) is 5.75 Å². The Kier molecular flexibility index (Phi) is 4.12. The Hall–Kier alpha value is -3.40. The highest BCUT2D eigenvalue weighted by molar-refractivity contribution is 6.00.